The fourth-order valence-corrected chi connectivity index (χ4v) is 4.80. The maximum absolute atomic E-state index is 10.3. The highest BCUT2D eigenvalue weighted by Gasteiger charge is 2.44. The van der Waals surface area contributed by atoms with Gasteiger partial charge in [0.2, 0.25) is 6.33 Å². The zero-order valence-corrected chi connectivity index (χ0v) is 14.2. The van der Waals surface area contributed by atoms with Gasteiger partial charge in [-0.3, -0.25) is 4.57 Å². The zero-order chi connectivity index (χ0) is 17.8. The minimum absolute atomic E-state index is 0.375. The van der Waals surface area contributed by atoms with Gasteiger partial charge in [-0.1, -0.05) is 6.42 Å². The van der Waals surface area contributed by atoms with Crippen LogP contribution in [-0.4, -0.2) is 65.8 Å². The summed E-state index contributed by atoms with van der Waals surface area (Å²) in [7, 11) is 0. The lowest BCUT2D eigenvalue weighted by atomic mass is 9.95. The van der Waals surface area contributed by atoms with Crippen LogP contribution >= 0.6 is 0 Å². The molecule has 2 saturated carbocycles. The molecule has 4 unspecified atom stereocenters. The van der Waals surface area contributed by atoms with Crippen LogP contribution in [0.25, 0.3) is 11.2 Å². The summed E-state index contributed by atoms with van der Waals surface area (Å²) in [6.07, 6.45) is 5.14. The van der Waals surface area contributed by atoms with Crippen LogP contribution in [0.15, 0.2) is 6.33 Å². The van der Waals surface area contributed by atoms with Crippen LogP contribution in [0.1, 0.15) is 31.9 Å². The molecule has 1 radical (unpaired) electrons. The Balaban J connectivity index is 1.44. The van der Waals surface area contributed by atoms with Crippen LogP contribution in [0.3, 0.4) is 0 Å². The average molecular weight is 360 g/mol. The monoisotopic (exact) mass is 360 g/mol. The molecule has 26 heavy (non-hydrogen) atoms. The second kappa shape index (κ2) is 6.12. The summed E-state index contributed by atoms with van der Waals surface area (Å²) in [6, 6.07) is 0.402. The van der Waals surface area contributed by atoms with Gasteiger partial charge in [0.15, 0.2) is 23.2 Å². The molecule has 9 heteroatoms. The molecule has 3 heterocycles. The molecule has 7 atom stereocenters. The molecule has 3 fully saturated rings. The molecule has 5 rings (SSSR count). The van der Waals surface area contributed by atoms with Crippen LogP contribution in [-0.2, 0) is 4.74 Å². The number of fused-ring (bicyclic) bond motifs is 3. The Hall–Kier alpha value is -1.81. The predicted octanol–water partition coefficient (Wildman–Crippen LogP) is -0.162. The van der Waals surface area contributed by atoms with E-state index in [0.29, 0.717) is 28.9 Å². The normalized spacial score (nSPS) is 39.1. The molecule has 2 aliphatic carbocycles. The molecule has 0 aromatic carbocycles. The Kier molecular flexibility index (Phi) is 3.85. The van der Waals surface area contributed by atoms with Gasteiger partial charge >= 0.3 is 0 Å². The smallest absolute Gasteiger partial charge is 0.201 e. The Morgan fingerprint density at radius 3 is 2.81 bits per heavy atom. The van der Waals surface area contributed by atoms with Gasteiger partial charge in [-0.05, 0) is 31.1 Å². The van der Waals surface area contributed by atoms with Gasteiger partial charge in [0.05, 0.1) is 12.9 Å². The SMILES string of the molecule is OC[C@H]1OC(n2cnc3c(NC4CC5CCC4C5)n[c]nc32)[C@@H](O)[C@@H]1O. The summed E-state index contributed by atoms with van der Waals surface area (Å²) in [5.41, 5.74) is 1.06. The second-order valence-corrected chi connectivity index (χ2v) is 7.65. The van der Waals surface area contributed by atoms with Gasteiger partial charge in [-0.2, -0.15) is 0 Å². The van der Waals surface area contributed by atoms with E-state index in [4.69, 9.17) is 4.74 Å². The molecule has 2 aromatic heterocycles. The average Bonchev–Trinajstić information content (AvgIpc) is 3.41. The first kappa shape index (κ1) is 16.4. The number of ether oxygens (including phenoxy) is 1. The summed E-state index contributed by atoms with van der Waals surface area (Å²) >= 11 is 0. The molecule has 3 aliphatic rings. The molecule has 0 spiro atoms. The Labute approximate surface area is 150 Å². The van der Waals surface area contributed by atoms with Crippen LogP contribution in [0.2, 0.25) is 0 Å². The van der Waals surface area contributed by atoms with Crippen LogP contribution in [0.4, 0.5) is 5.82 Å². The number of hydrogen-bond acceptors (Lipinski definition) is 8. The lowest BCUT2D eigenvalue weighted by Crippen LogP contribution is -2.33. The van der Waals surface area contributed by atoms with E-state index in [1.165, 1.54) is 25.6 Å². The van der Waals surface area contributed by atoms with Crippen molar-refractivity contribution in [3.63, 3.8) is 0 Å². The fraction of sp³-hybridized carbons (Fsp3) is 0.706. The maximum atomic E-state index is 10.3. The van der Waals surface area contributed by atoms with Gasteiger partial charge in [0, 0.05) is 6.04 Å². The van der Waals surface area contributed by atoms with Gasteiger partial charge < -0.3 is 25.4 Å². The molecule has 0 amide bonds. The Bertz CT molecular complexity index is 814. The standard InChI is InChI=1S/C17H22N5O4/c23-5-11-13(24)14(25)17(26-11)22-7-20-12-15(18-6-19-16(12)22)21-10-4-8-1-2-9(10)3-8/h7-11,13-14,17,23-25H,1-5H2,(H,18,19,21)/t8?,9?,10?,11-,13-,14+,17?/m1/s1. The minimum Gasteiger partial charge on any atom is -0.394 e. The van der Waals surface area contributed by atoms with Crippen LogP contribution in [0, 0.1) is 18.2 Å². The van der Waals surface area contributed by atoms with E-state index in [9.17, 15) is 15.3 Å². The number of aliphatic hydroxyl groups excluding tert-OH is 3. The van der Waals surface area contributed by atoms with E-state index < -0.39 is 24.5 Å². The van der Waals surface area contributed by atoms with Crippen molar-refractivity contribution in [2.75, 3.05) is 11.9 Å². The number of imidazole rings is 1. The van der Waals surface area contributed by atoms with Crippen LogP contribution in [0.5, 0.6) is 0 Å². The number of nitrogens with zero attached hydrogens (tertiary/aromatic N) is 4. The van der Waals surface area contributed by atoms with E-state index in [0.717, 1.165) is 12.3 Å². The summed E-state index contributed by atoms with van der Waals surface area (Å²) in [4.78, 5) is 12.8. The van der Waals surface area contributed by atoms with Crippen molar-refractivity contribution >= 4 is 17.0 Å². The molecular formula is C17H22N5O4. The van der Waals surface area contributed by atoms with Gasteiger partial charge in [-0.15, -0.1) is 0 Å². The first-order chi connectivity index (χ1) is 12.7. The van der Waals surface area contributed by atoms with Gasteiger partial charge in [0.25, 0.3) is 0 Å². The molecule has 4 N–H and O–H groups in total. The van der Waals surface area contributed by atoms with Crippen molar-refractivity contribution in [1.29, 1.82) is 0 Å². The largest absolute Gasteiger partial charge is 0.394 e. The maximum Gasteiger partial charge on any atom is 0.201 e. The highest BCUT2D eigenvalue weighted by Crippen LogP contribution is 2.45. The van der Waals surface area contributed by atoms with Crippen molar-refractivity contribution in [2.45, 2.75) is 56.3 Å². The number of aromatic nitrogens is 4. The van der Waals surface area contributed by atoms with Crippen molar-refractivity contribution in [3.8, 4) is 0 Å². The molecule has 1 aliphatic heterocycles. The van der Waals surface area contributed by atoms with Crippen molar-refractivity contribution in [3.05, 3.63) is 12.7 Å². The number of hydrogen-bond donors (Lipinski definition) is 4. The lowest BCUT2D eigenvalue weighted by molar-refractivity contribution is -0.0511. The van der Waals surface area contributed by atoms with Crippen LogP contribution < -0.4 is 5.32 Å². The third kappa shape index (κ3) is 2.42. The first-order valence-corrected chi connectivity index (χ1v) is 9.15. The quantitative estimate of drug-likeness (QED) is 0.593. The van der Waals surface area contributed by atoms with Gasteiger partial charge in [0.1, 0.15) is 18.3 Å². The first-order valence-electron chi connectivity index (χ1n) is 9.15. The second-order valence-electron chi connectivity index (χ2n) is 7.65. The van der Waals surface area contributed by atoms with E-state index in [2.05, 4.69) is 26.6 Å². The summed E-state index contributed by atoms with van der Waals surface area (Å²) in [6.45, 7) is -0.375. The third-order valence-electron chi connectivity index (χ3n) is 6.16. The topological polar surface area (TPSA) is 126 Å². The van der Waals surface area contributed by atoms with Crippen molar-refractivity contribution in [1.82, 2.24) is 19.5 Å². The summed E-state index contributed by atoms with van der Waals surface area (Å²) < 4.78 is 7.14. The number of anilines is 1. The van der Waals surface area contributed by atoms with E-state index in [1.54, 1.807) is 4.57 Å². The van der Waals surface area contributed by atoms with E-state index in [1.807, 2.05) is 0 Å². The molecule has 2 aromatic rings. The number of rotatable bonds is 4. The minimum atomic E-state index is -1.18. The molecule has 9 nitrogen and oxygen atoms in total. The van der Waals surface area contributed by atoms with Crippen molar-refractivity contribution in [2.24, 2.45) is 11.8 Å². The zero-order valence-electron chi connectivity index (χ0n) is 14.2. The van der Waals surface area contributed by atoms with Crippen molar-refractivity contribution < 1.29 is 20.1 Å². The Morgan fingerprint density at radius 1 is 1.23 bits per heavy atom. The lowest BCUT2D eigenvalue weighted by Gasteiger charge is -2.23. The summed E-state index contributed by atoms with van der Waals surface area (Å²) in [5, 5.41) is 33.0. The summed E-state index contributed by atoms with van der Waals surface area (Å²) in [5.74, 6) is 2.14. The van der Waals surface area contributed by atoms with E-state index >= 15 is 0 Å². The number of aliphatic hydroxyl groups is 3. The highest BCUT2D eigenvalue weighted by molar-refractivity contribution is 5.82. The molecule has 139 valence electrons. The number of nitrogens with one attached hydrogen (secondary N) is 1. The van der Waals surface area contributed by atoms with E-state index in [-0.39, 0.29) is 6.61 Å². The molecule has 1 saturated heterocycles. The molecule has 2 bridgehead atoms. The van der Waals surface area contributed by atoms with Gasteiger partial charge in [-0.25, -0.2) is 15.0 Å². The third-order valence-corrected chi connectivity index (χ3v) is 6.16. The molecular weight excluding hydrogens is 338 g/mol. The predicted molar refractivity (Wildman–Crippen MR) is 90.0 cm³/mol. The Morgan fingerprint density at radius 2 is 2.12 bits per heavy atom. The highest BCUT2D eigenvalue weighted by atomic mass is 16.6. The fourth-order valence-electron chi connectivity index (χ4n) is 4.80.